The van der Waals surface area contributed by atoms with E-state index in [-0.39, 0.29) is 119 Å². The number of nitrogens with two attached hydrogens (primary N) is 2. The normalized spacial score (nSPS) is 31.6. The van der Waals surface area contributed by atoms with Gasteiger partial charge in [0.15, 0.2) is 41.8 Å². The number of ketones is 1. The van der Waals surface area contributed by atoms with Gasteiger partial charge in [0.1, 0.15) is 41.7 Å². The number of hydrazine groups is 1. The van der Waals surface area contributed by atoms with Crippen LogP contribution in [0.5, 0.6) is 17.2 Å². The molecule has 4 saturated heterocycles. The van der Waals surface area contributed by atoms with Crippen molar-refractivity contribution in [2.45, 2.75) is 194 Å². The molecule has 4 heterocycles. The van der Waals surface area contributed by atoms with E-state index >= 15 is 0 Å². The summed E-state index contributed by atoms with van der Waals surface area (Å²) in [4.78, 5) is 61.4. The summed E-state index contributed by atoms with van der Waals surface area (Å²) in [5.74, 6) is 15.8. The lowest BCUT2D eigenvalue weighted by Crippen LogP contribution is -2.65. The zero-order chi connectivity index (χ0) is 75.5. The van der Waals surface area contributed by atoms with Crippen molar-refractivity contribution in [2.24, 2.45) is 11.6 Å². The highest BCUT2D eigenvalue weighted by molar-refractivity contribution is 14.1. The van der Waals surface area contributed by atoms with Crippen LogP contribution in [0.1, 0.15) is 78.4 Å². The van der Waals surface area contributed by atoms with Gasteiger partial charge in [-0.3, -0.25) is 34.9 Å². The summed E-state index contributed by atoms with van der Waals surface area (Å²) in [6.45, 7) is 14.7. The first-order chi connectivity index (χ1) is 49.1. The Morgan fingerprint density at radius 2 is 1.58 bits per heavy atom. The average Bonchev–Trinajstić information content (AvgIpc) is 0.755. The number of thiol groups is 1. The Balaban J connectivity index is 1.16. The summed E-state index contributed by atoms with van der Waals surface area (Å²) in [5.41, 5.74) is 8.63. The first kappa shape index (κ1) is 85.9. The van der Waals surface area contributed by atoms with Crippen molar-refractivity contribution in [3.8, 4) is 40.9 Å². The third-order valence-electron chi connectivity index (χ3n) is 17.7. The largest absolute Gasteiger partial charge is 0.492 e. The number of nitrogens with one attached hydrogen (secondary N) is 4. The van der Waals surface area contributed by atoms with E-state index in [2.05, 4.69) is 45.2 Å². The number of carbonyl (C=O) groups is 4. The van der Waals surface area contributed by atoms with Crippen LogP contribution in [0.15, 0.2) is 35.1 Å². The van der Waals surface area contributed by atoms with Crippen LogP contribution in [0.4, 0.5) is 4.79 Å². The topological polar surface area (TPSA) is 432 Å². The van der Waals surface area contributed by atoms with Crippen LogP contribution in [0, 0.1) is 34.2 Å². The molecule has 0 saturated carbocycles. The highest BCUT2D eigenvalue weighted by Gasteiger charge is 2.52. The number of rotatable bonds is 34. The molecular weight excluding hydrogens is 1530 g/mol. The third kappa shape index (κ3) is 22.4. The molecular formula is C67H100IN7O25S3. The molecule has 6 aliphatic rings. The van der Waals surface area contributed by atoms with Crippen LogP contribution in [0.3, 0.4) is 0 Å². The predicted octanol–water partition coefficient (Wildman–Crippen LogP) is 0.526. The molecule has 0 unspecified atom stereocenters. The molecule has 2 aliphatic carbocycles. The number of allylic oxidation sites excluding steroid dienone is 3. The zero-order valence-electron chi connectivity index (χ0n) is 59.7. The molecule has 4 aliphatic heterocycles. The highest BCUT2D eigenvalue weighted by Crippen LogP contribution is 2.48. The minimum absolute atomic E-state index is 0.0133. The van der Waals surface area contributed by atoms with Crippen LogP contribution in [-0.4, -0.2) is 285 Å². The molecule has 0 spiro atoms. The van der Waals surface area contributed by atoms with E-state index in [1.807, 2.05) is 48.3 Å². The molecule has 4 fully saturated rings. The molecule has 7 rings (SSSR count). The number of ether oxygens (including phenoxy) is 14. The molecule has 0 radical (unpaired) electrons. The second-order valence-corrected chi connectivity index (χ2v) is 30.7. The minimum Gasteiger partial charge on any atom is -0.492 e. The summed E-state index contributed by atoms with van der Waals surface area (Å²) >= 11 is 2.23. The second-order valence-electron chi connectivity index (χ2n) is 25.3. The number of amides is 3. The number of hydroxylamine groups is 1. The molecule has 103 heavy (non-hydrogen) atoms. The molecule has 36 heteroatoms. The lowest BCUT2D eigenvalue weighted by Gasteiger charge is -2.47. The summed E-state index contributed by atoms with van der Waals surface area (Å²) in [5, 5.41) is 75.6. The fourth-order valence-corrected chi connectivity index (χ4v) is 16.6. The minimum atomic E-state index is -2.20. The maximum Gasteiger partial charge on any atom is 0.411 e. The third-order valence-corrected chi connectivity index (χ3v) is 23.7. The number of methoxy groups -OCH3 is 5. The van der Waals surface area contributed by atoms with Crippen molar-refractivity contribution in [3.63, 3.8) is 0 Å². The Morgan fingerprint density at radius 1 is 0.874 bits per heavy atom. The summed E-state index contributed by atoms with van der Waals surface area (Å²) in [7, 11) is 9.40. The molecule has 2 bridgehead atoms. The van der Waals surface area contributed by atoms with Gasteiger partial charge >= 0.3 is 6.09 Å². The van der Waals surface area contributed by atoms with E-state index in [4.69, 9.17) is 82.7 Å². The average molecular weight is 1630 g/mol. The van der Waals surface area contributed by atoms with Crippen molar-refractivity contribution in [1.82, 2.24) is 26.4 Å². The molecule has 19 atom stereocenters. The molecule has 3 amide bonds. The summed E-state index contributed by atoms with van der Waals surface area (Å²) in [6, 6.07) is -1.65. The van der Waals surface area contributed by atoms with Crippen LogP contribution >= 0.6 is 55.5 Å². The quantitative estimate of drug-likeness (QED) is 0.00515. The Hall–Kier alpha value is -4.35. The first-order valence-electron chi connectivity index (χ1n) is 33.5. The van der Waals surface area contributed by atoms with Gasteiger partial charge in [0.05, 0.1) is 130 Å². The Morgan fingerprint density at radius 3 is 2.24 bits per heavy atom. The van der Waals surface area contributed by atoms with Gasteiger partial charge in [-0.25, -0.2) is 10.6 Å². The fourth-order valence-electron chi connectivity index (χ4n) is 12.4. The number of nitrogens with zero attached hydrogens (tertiary/aromatic N) is 1. The zero-order valence-corrected chi connectivity index (χ0v) is 64.4. The number of likely N-dealkylation sites (N-methyl/N-ethyl adjacent to an activating group) is 1. The predicted molar refractivity (Wildman–Crippen MR) is 388 cm³/mol. The summed E-state index contributed by atoms with van der Waals surface area (Å²) in [6.07, 6.45) is -15.4. The number of hydrogen-bond acceptors (Lipinski definition) is 30. The number of fused-ring (bicyclic) bond motifs is 2. The SMILES string of the molecule is CCN(CC(=O)NCCOCCOCCN)[C@H]1CO[C@@H](O[C@H]2[C@H](O[C@H]3C#CC=CC#C[C@]4(O)CC(=O)C(NC(=O)OC)=C3/C4=C\CSSC(C)(C)CC(=O)NN)O[C@H](C)[C@@H](NO[C@H]3C[C@H](O)[C@H]([SH]=C(O)c4c(C)c(I)c(O[C@@H]5O[C@@H](C)[C@H](O)[C@@H](OC)[C@H]5O)c(OC)c4OC)[C@@H](C)O3)[C@@H]2O)C[C@@H]1OC. The van der Waals surface area contributed by atoms with Crippen molar-refractivity contribution in [1.29, 1.82) is 0 Å². The maximum atomic E-state index is 14.4. The number of aliphatic hydroxyl groups excluding tert-OH is 5. The van der Waals surface area contributed by atoms with Crippen molar-refractivity contribution in [2.75, 3.05) is 101 Å². The van der Waals surface area contributed by atoms with Gasteiger partial charge in [-0.1, -0.05) is 58.3 Å². The van der Waals surface area contributed by atoms with E-state index in [1.165, 1.54) is 62.2 Å². The van der Waals surface area contributed by atoms with Gasteiger partial charge in [-0.05, 0) is 88.4 Å². The number of benzene rings is 1. The fraction of sp³-hybridized carbons (Fsp3) is 0.687. The van der Waals surface area contributed by atoms with E-state index in [0.29, 0.717) is 42.0 Å². The van der Waals surface area contributed by atoms with Crippen LogP contribution in [0.2, 0.25) is 0 Å². The number of halogens is 1. The van der Waals surface area contributed by atoms with Gasteiger partial charge in [0.2, 0.25) is 23.9 Å². The molecule has 32 nitrogen and oxygen atoms in total. The van der Waals surface area contributed by atoms with E-state index in [0.717, 1.165) is 7.11 Å². The van der Waals surface area contributed by atoms with Crippen LogP contribution in [-0.2, 0) is 71.3 Å². The van der Waals surface area contributed by atoms with E-state index in [1.54, 1.807) is 33.8 Å². The molecule has 578 valence electrons. The Kier molecular flexibility index (Phi) is 34.0. The Labute approximate surface area is 625 Å². The molecule has 14 N–H and O–H groups in total. The Bertz CT molecular complexity index is 3310. The number of alkyl carbamates (subject to hydrolysis) is 1. The summed E-state index contributed by atoms with van der Waals surface area (Å²) < 4.78 is 84.1. The van der Waals surface area contributed by atoms with Crippen LogP contribution in [0.25, 0.3) is 0 Å². The van der Waals surface area contributed by atoms with Gasteiger partial charge in [-0.2, -0.15) is 16.8 Å². The highest BCUT2D eigenvalue weighted by atomic mass is 127. The monoisotopic (exact) mass is 1630 g/mol. The molecule has 0 aromatic heterocycles. The van der Waals surface area contributed by atoms with Gasteiger partial charge in [0, 0.05) is 68.2 Å². The number of aliphatic hydroxyl groups is 6. The lowest BCUT2D eigenvalue weighted by atomic mass is 9.75. The second kappa shape index (κ2) is 40.7. The molecule has 1 aromatic carbocycles. The number of hydrogen-bond donors (Lipinski definition) is 13. The smallest absolute Gasteiger partial charge is 0.411 e. The van der Waals surface area contributed by atoms with Gasteiger partial charge < -0.3 is 108 Å². The standard InChI is InChI=1S/C67H100IN7O25S3/c1-13-75(32-45(79)71-22-24-92-26-25-91-23-21-69)39-33-93-46(29-43(39)86-8)98-59-54(81)51(35(3)95-64(59)97-42-18-16-14-15-17-20-67(85)30-41(77)52(72-65(84)90-12)49(42)38(67)19-27-101-103-66(6,7)31-44(78)73-70)74-100-47-28-40(76)61(37(5)94-47)102-62(83)48-34(2)50(68)57(60(89-11)56(48)87-9)99-63-55(82)58(88-10)53(80)36(4)96-63/h14-15,19,35-37,39-40,42-43,46-47,51,53-55,58-59,61,63-64,74,76,80-83,85,102H,13,21-33,69-70H2,1-12H3,(H,71,79)(H,72,84)(H,73,78)/b15-14?,38-19+/t35-,36+,37-,39+,40+,42+,43+,46+,47+,51-,53+,54+,55-,58-,59-,61-,63+,64+,67+/m1/s1. The van der Waals surface area contributed by atoms with Gasteiger partial charge in [-0.15, -0.1) is 0 Å². The number of carbonyl (C=O) groups excluding carboxylic acids is 4. The van der Waals surface area contributed by atoms with Crippen LogP contribution < -0.4 is 47.3 Å². The first-order valence-corrected chi connectivity index (χ1v) is 37.9. The molecule has 1 aromatic rings. The van der Waals surface area contributed by atoms with Crippen molar-refractivity contribution in [3.05, 3.63) is 49.8 Å². The van der Waals surface area contributed by atoms with E-state index in [9.17, 15) is 49.8 Å². The number of Topliss-reactive ketones (excluding diaryl/α,β-unsaturated/α-hetero) is 1. The maximum absolute atomic E-state index is 14.4. The lowest BCUT2D eigenvalue weighted by molar-refractivity contribution is -0.337. The van der Waals surface area contributed by atoms with Crippen molar-refractivity contribution >= 4 is 84.3 Å². The van der Waals surface area contributed by atoms with Gasteiger partial charge in [0.25, 0.3) is 0 Å². The van der Waals surface area contributed by atoms with Crippen molar-refractivity contribution < 1.29 is 121 Å². The van der Waals surface area contributed by atoms with E-state index < -0.39 is 138 Å².